The van der Waals surface area contributed by atoms with E-state index in [0.717, 1.165) is 8.61 Å². The quantitative estimate of drug-likeness (QED) is 0.637. The van der Waals surface area contributed by atoms with Crippen molar-refractivity contribution < 1.29 is 8.42 Å². The van der Waals surface area contributed by atoms with Gasteiger partial charge in [-0.2, -0.15) is 22.3 Å². The summed E-state index contributed by atoms with van der Waals surface area (Å²) in [5, 5.41) is 8.80. The van der Waals surface area contributed by atoms with Gasteiger partial charge in [-0.15, -0.1) is 0 Å². The third kappa shape index (κ3) is 1.55. The van der Waals surface area contributed by atoms with E-state index in [2.05, 4.69) is 0 Å². The van der Waals surface area contributed by atoms with Crippen molar-refractivity contribution in [1.82, 2.24) is 8.61 Å². The summed E-state index contributed by atoms with van der Waals surface area (Å²) in [7, 11) is 0.925. The van der Waals surface area contributed by atoms with E-state index in [9.17, 15) is 8.42 Å². The molecule has 0 bridgehead atoms. The highest BCUT2D eigenvalue weighted by molar-refractivity contribution is 7.86. The minimum Gasteiger partial charge on any atom is -0.196 e. The molecule has 5 nitrogen and oxygen atoms in total. The first-order valence-electron chi connectivity index (χ1n) is 3.94. The lowest BCUT2D eigenvalue weighted by Crippen LogP contribution is -2.44. The summed E-state index contributed by atoms with van der Waals surface area (Å²) < 4.78 is 25.4. The van der Waals surface area contributed by atoms with Gasteiger partial charge < -0.3 is 0 Å². The summed E-state index contributed by atoms with van der Waals surface area (Å²) in [6, 6.07) is 2.03. The van der Waals surface area contributed by atoms with Gasteiger partial charge in [0.05, 0.1) is 6.07 Å². The van der Waals surface area contributed by atoms with Crippen LogP contribution in [0.4, 0.5) is 0 Å². The summed E-state index contributed by atoms with van der Waals surface area (Å²) in [5.41, 5.74) is -0.775. The lowest BCUT2D eigenvalue weighted by atomic mass is 10.3. The molecule has 0 aromatic rings. The Morgan fingerprint density at radius 3 is 2.00 bits per heavy atom. The largest absolute Gasteiger partial charge is 0.282 e. The molecule has 1 fully saturated rings. The van der Waals surface area contributed by atoms with Crippen molar-refractivity contribution in [3.63, 3.8) is 0 Å². The highest BCUT2D eigenvalue weighted by atomic mass is 32.2. The SMILES string of the molecule is CN(C)S(=O)(=O)N(C)C1(C#N)CC1. The van der Waals surface area contributed by atoms with Gasteiger partial charge in [0, 0.05) is 21.1 Å². The van der Waals surface area contributed by atoms with Crippen LogP contribution >= 0.6 is 0 Å². The molecule has 0 aromatic carbocycles. The average Bonchev–Trinajstić information content (AvgIpc) is 2.83. The van der Waals surface area contributed by atoms with Gasteiger partial charge in [0.2, 0.25) is 0 Å². The molecule has 74 valence electrons. The van der Waals surface area contributed by atoms with Crippen molar-refractivity contribution in [1.29, 1.82) is 5.26 Å². The van der Waals surface area contributed by atoms with E-state index in [-0.39, 0.29) is 0 Å². The van der Waals surface area contributed by atoms with E-state index in [0.29, 0.717) is 12.8 Å². The van der Waals surface area contributed by atoms with Gasteiger partial charge >= 0.3 is 0 Å². The average molecular weight is 203 g/mol. The lowest BCUT2D eigenvalue weighted by Gasteiger charge is -2.24. The molecule has 0 aliphatic heterocycles. The minimum absolute atomic E-state index is 0.632. The topological polar surface area (TPSA) is 64.4 Å². The van der Waals surface area contributed by atoms with Crippen molar-refractivity contribution in [3.05, 3.63) is 0 Å². The fourth-order valence-corrected chi connectivity index (χ4v) is 2.24. The van der Waals surface area contributed by atoms with Crippen LogP contribution in [0.1, 0.15) is 12.8 Å². The molecule has 1 rings (SSSR count). The van der Waals surface area contributed by atoms with Crippen LogP contribution in [-0.4, -0.2) is 43.7 Å². The van der Waals surface area contributed by atoms with Gasteiger partial charge in [0.15, 0.2) is 0 Å². The van der Waals surface area contributed by atoms with Crippen LogP contribution in [0.3, 0.4) is 0 Å². The Morgan fingerprint density at radius 1 is 1.31 bits per heavy atom. The van der Waals surface area contributed by atoms with E-state index in [1.54, 1.807) is 0 Å². The third-order valence-electron chi connectivity index (χ3n) is 2.34. The van der Waals surface area contributed by atoms with Crippen LogP contribution < -0.4 is 0 Å². The highest BCUT2D eigenvalue weighted by Gasteiger charge is 2.52. The molecule has 13 heavy (non-hydrogen) atoms. The normalized spacial score (nSPS) is 20.3. The van der Waals surface area contributed by atoms with Gasteiger partial charge in [0.25, 0.3) is 10.2 Å². The van der Waals surface area contributed by atoms with Gasteiger partial charge in [0.1, 0.15) is 5.54 Å². The first-order chi connectivity index (χ1) is 5.87. The highest BCUT2D eigenvalue weighted by Crippen LogP contribution is 2.41. The molecule has 0 atom stereocenters. The molecule has 6 heteroatoms. The smallest absolute Gasteiger partial charge is 0.196 e. The first-order valence-corrected chi connectivity index (χ1v) is 5.34. The summed E-state index contributed by atoms with van der Waals surface area (Å²) in [6.07, 6.45) is 1.26. The molecule has 1 aliphatic carbocycles. The monoisotopic (exact) mass is 203 g/mol. The van der Waals surface area contributed by atoms with E-state index in [1.165, 1.54) is 21.1 Å². The van der Waals surface area contributed by atoms with Crippen LogP contribution in [0.2, 0.25) is 0 Å². The molecule has 0 unspecified atom stereocenters. The summed E-state index contributed by atoms with van der Waals surface area (Å²) >= 11 is 0. The Kier molecular flexibility index (Phi) is 2.36. The first kappa shape index (κ1) is 10.4. The maximum Gasteiger partial charge on any atom is 0.282 e. The summed E-state index contributed by atoms with van der Waals surface area (Å²) in [4.78, 5) is 0. The zero-order chi connectivity index (χ0) is 10.3. The second kappa shape index (κ2) is 2.94. The van der Waals surface area contributed by atoms with Crippen LogP contribution in [-0.2, 0) is 10.2 Å². The standard InChI is InChI=1S/C7H13N3O2S/c1-9(2)13(11,12)10(3)7(6-8)4-5-7/h4-5H2,1-3H3. The molecule has 0 N–H and O–H groups in total. The number of hydrogen-bond donors (Lipinski definition) is 0. The lowest BCUT2D eigenvalue weighted by molar-refractivity contribution is 0.373. The molecule has 0 saturated heterocycles. The maximum atomic E-state index is 11.6. The third-order valence-corrected chi connectivity index (χ3v) is 4.31. The molecular formula is C7H13N3O2S. The second-order valence-electron chi connectivity index (χ2n) is 3.40. The van der Waals surface area contributed by atoms with Crippen molar-refractivity contribution >= 4 is 10.2 Å². The molecule has 0 spiro atoms. The zero-order valence-corrected chi connectivity index (χ0v) is 8.80. The summed E-state index contributed by atoms with van der Waals surface area (Å²) in [6.45, 7) is 0. The van der Waals surface area contributed by atoms with Crippen molar-refractivity contribution in [2.24, 2.45) is 0 Å². The van der Waals surface area contributed by atoms with Crippen LogP contribution in [0.5, 0.6) is 0 Å². The Morgan fingerprint density at radius 2 is 1.77 bits per heavy atom. The van der Waals surface area contributed by atoms with E-state index >= 15 is 0 Å². The molecule has 0 heterocycles. The van der Waals surface area contributed by atoms with E-state index in [1.807, 2.05) is 6.07 Å². The van der Waals surface area contributed by atoms with Gasteiger partial charge in [-0.25, -0.2) is 0 Å². The van der Waals surface area contributed by atoms with Gasteiger partial charge in [-0.05, 0) is 12.8 Å². The van der Waals surface area contributed by atoms with Gasteiger partial charge in [-0.3, -0.25) is 0 Å². The van der Waals surface area contributed by atoms with Crippen LogP contribution in [0.25, 0.3) is 0 Å². The van der Waals surface area contributed by atoms with Crippen molar-refractivity contribution in [2.75, 3.05) is 21.1 Å². The van der Waals surface area contributed by atoms with Crippen LogP contribution in [0, 0.1) is 11.3 Å². The molecule has 1 saturated carbocycles. The fraction of sp³-hybridized carbons (Fsp3) is 0.857. The zero-order valence-electron chi connectivity index (χ0n) is 7.98. The molecule has 0 aromatic heterocycles. The number of nitrogens with zero attached hydrogens (tertiary/aromatic N) is 3. The Balaban J connectivity index is 2.93. The summed E-state index contributed by atoms with van der Waals surface area (Å²) in [5.74, 6) is 0. The minimum atomic E-state index is -3.44. The Hall–Kier alpha value is -0.640. The van der Waals surface area contributed by atoms with Crippen molar-refractivity contribution in [2.45, 2.75) is 18.4 Å². The Bertz CT molecular complexity index is 337. The fourth-order valence-electron chi connectivity index (χ4n) is 1.08. The maximum absolute atomic E-state index is 11.6. The Labute approximate surface area is 78.7 Å². The molecular weight excluding hydrogens is 190 g/mol. The molecule has 0 radical (unpaired) electrons. The predicted molar refractivity (Wildman–Crippen MR) is 47.9 cm³/mol. The van der Waals surface area contributed by atoms with E-state index < -0.39 is 15.7 Å². The number of hydrogen-bond acceptors (Lipinski definition) is 3. The molecule has 1 aliphatic rings. The second-order valence-corrected chi connectivity index (χ2v) is 5.57. The van der Waals surface area contributed by atoms with Gasteiger partial charge in [-0.1, -0.05) is 0 Å². The van der Waals surface area contributed by atoms with Crippen molar-refractivity contribution in [3.8, 4) is 6.07 Å². The van der Waals surface area contributed by atoms with E-state index in [4.69, 9.17) is 5.26 Å². The molecule has 0 amide bonds. The number of nitriles is 1. The number of rotatable bonds is 3. The predicted octanol–water partition coefficient (Wildman–Crippen LogP) is -0.219. The van der Waals surface area contributed by atoms with Crippen LogP contribution in [0.15, 0.2) is 0 Å².